The van der Waals surface area contributed by atoms with Gasteiger partial charge in [0.15, 0.2) is 5.96 Å². The standard InChI is InChI=1S/C16H14FN5O3/c1-20-16(19)22-15(24)14-10(23)4-3-8(6-18)13(14)9-5-12(17)21-7-11(9)25-2/h3-5,7,23H,1-2H3,(H3,19,20,22,24). The average Bonchev–Trinajstić information content (AvgIpc) is 2.60. The quantitative estimate of drug-likeness (QED) is 0.378. The summed E-state index contributed by atoms with van der Waals surface area (Å²) in [6, 6.07) is 5.36. The third-order valence-corrected chi connectivity index (χ3v) is 3.34. The van der Waals surface area contributed by atoms with E-state index in [1.165, 1.54) is 26.3 Å². The number of hydrogen-bond donors (Lipinski definition) is 4. The lowest BCUT2D eigenvalue weighted by Crippen LogP contribution is -2.38. The number of nitrogens with one attached hydrogen (secondary N) is 3. The predicted octanol–water partition coefficient (Wildman–Crippen LogP) is 1.36. The Bertz CT molecular complexity index is 892. The summed E-state index contributed by atoms with van der Waals surface area (Å²) < 4.78 is 18.8. The van der Waals surface area contributed by atoms with Gasteiger partial charge in [0.1, 0.15) is 11.5 Å². The summed E-state index contributed by atoms with van der Waals surface area (Å²) in [7, 11) is 2.75. The molecule has 0 atom stereocenters. The summed E-state index contributed by atoms with van der Waals surface area (Å²) in [4.78, 5) is 15.9. The van der Waals surface area contributed by atoms with E-state index in [9.17, 15) is 19.6 Å². The van der Waals surface area contributed by atoms with Gasteiger partial charge in [-0.1, -0.05) is 0 Å². The van der Waals surface area contributed by atoms with Crippen LogP contribution in [-0.4, -0.2) is 36.1 Å². The van der Waals surface area contributed by atoms with Crippen LogP contribution in [0.15, 0.2) is 24.4 Å². The van der Waals surface area contributed by atoms with Gasteiger partial charge in [-0.15, -0.1) is 0 Å². The molecule has 0 aliphatic heterocycles. The zero-order valence-corrected chi connectivity index (χ0v) is 13.3. The van der Waals surface area contributed by atoms with E-state index in [1.54, 1.807) is 0 Å². The number of halogens is 1. The van der Waals surface area contributed by atoms with E-state index in [4.69, 9.17) is 10.1 Å². The molecule has 0 bridgehead atoms. The first-order chi connectivity index (χ1) is 11.9. The highest BCUT2D eigenvalue weighted by Gasteiger charge is 2.24. The zero-order valence-electron chi connectivity index (χ0n) is 13.3. The molecule has 1 aromatic carbocycles. The number of hydrogen-bond acceptors (Lipinski definition) is 6. The number of carbonyl (C=O) groups excluding carboxylic acids is 1. The summed E-state index contributed by atoms with van der Waals surface area (Å²) in [6.45, 7) is 0. The van der Waals surface area contributed by atoms with Crippen LogP contribution in [-0.2, 0) is 0 Å². The number of pyridine rings is 1. The van der Waals surface area contributed by atoms with E-state index < -0.39 is 17.6 Å². The van der Waals surface area contributed by atoms with Crippen LogP contribution in [0.3, 0.4) is 0 Å². The van der Waals surface area contributed by atoms with E-state index >= 15 is 0 Å². The first-order valence-electron chi connectivity index (χ1n) is 6.96. The van der Waals surface area contributed by atoms with Crippen LogP contribution in [0, 0.1) is 22.7 Å². The summed E-state index contributed by atoms with van der Waals surface area (Å²) in [6.07, 6.45) is 1.10. The fourth-order valence-corrected chi connectivity index (χ4v) is 2.21. The Hall–Kier alpha value is -3.67. The van der Waals surface area contributed by atoms with Gasteiger partial charge in [-0.3, -0.25) is 15.5 Å². The van der Waals surface area contributed by atoms with Gasteiger partial charge in [-0.2, -0.15) is 9.65 Å². The van der Waals surface area contributed by atoms with Crippen molar-refractivity contribution in [2.45, 2.75) is 0 Å². The molecular formula is C16H14FN5O3. The first-order valence-corrected chi connectivity index (χ1v) is 6.96. The smallest absolute Gasteiger partial charge is 0.262 e. The van der Waals surface area contributed by atoms with E-state index in [0.29, 0.717) is 0 Å². The molecule has 0 aliphatic rings. The molecule has 0 saturated heterocycles. The Morgan fingerprint density at radius 1 is 1.48 bits per heavy atom. The fraction of sp³-hybridized carbons (Fsp3) is 0.125. The third-order valence-electron chi connectivity index (χ3n) is 3.34. The number of benzene rings is 1. The Morgan fingerprint density at radius 2 is 2.20 bits per heavy atom. The maximum atomic E-state index is 13.6. The minimum absolute atomic E-state index is 0.0165. The van der Waals surface area contributed by atoms with Crippen molar-refractivity contribution < 1.29 is 19.0 Å². The van der Waals surface area contributed by atoms with Crippen molar-refractivity contribution in [2.24, 2.45) is 0 Å². The number of phenols is 1. The first kappa shape index (κ1) is 17.7. The van der Waals surface area contributed by atoms with Crippen LogP contribution >= 0.6 is 0 Å². The fourth-order valence-electron chi connectivity index (χ4n) is 2.21. The normalized spacial score (nSPS) is 9.84. The molecule has 0 spiro atoms. The van der Waals surface area contributed by atoms with Crippen LogP contribution in [0.5, 0.6) is 11.5 Å². The number of ether oxygens (including phenoxy) is 1. The molecule has 25 heavy (non-hydrogen) atoms. The van der Waals surface area contributed by atoms with E-state index in [1.807, 2.05) is 6.07 Å². The Morgan fingerprint density at radius 3 is 2.80 bits per heavy atom. The highest BCUT2D eigenvalue weighted by Crippen LogP contribution is 2.38. The summed E-state index contributed by atoms with van der Waals surface area (Å²) in [5.74, 6) is -2.33. The highest BCUT2D eigenvalue weighted by atomic mass is 19.1. The van der Waals surface area contributed by atoms with Crippen molar-refractivity contribution in [3.05, 3.63) is 41.5 Å². The lowest BCUT2D eigenvalue weighted by molar-refractivity contribution is 0.0974. The number of methoxy groups -OCH3 is 1. The molecule has 2 rings (SSSR count). The molecule has 1 heterocycles. The van der Waals surface area contributed by atoms with E-state index in [2.05, 4.69) is 15.6 Å². The molecule has 1 aromatic heterocycles. The van der Waals surface area contributed by atoms with Gasteiger partial charge in [0.25, 0.3) is 5.91 Å². The van der Waals surface area contributed by atoms with Gasteiger partial charge in [0, 0.05) is 24.2 Å². The second-order valence-corrected chi connectivity index (χ2v) is 4.78. The molecule has 9 heteroatoms. The summed E-state index contributed by atoms with van der Waals surface area (Å²) in [5.41, 5.74) is -0.226. The van der Waals surface area contributed by atoms with Crippen molar-refractivity contribution in [1.82, 2.24) is 15.6 Å². The van der Waals surface area contributed by atoms with Gasteiger partial charge in [-0.05, 0) is 12.1 Å². The van der Waals surface area contributed by atoms with Crippen LogP contribution in [0.2, 0.25) is 0 Å². The number of guanidine groups is 1. The van der Waals surface area contributed by atoms with Crippen molar-refractivity contribution in [2.75, 3.05) is 14.2 Å². The number of aromatic nitrogens is 1. The second kappa shape index (κ2) is 7.27. The molecule has 8 nitrogen and oxygen atoms in total. The Balaban J connectivity index is 2.79. The molecule has 128 valence electrons. The number of rotatable bonds is 3. The number of aromatic hydroxyl groups is 1. The number of nitriles is 1. The lowest BCUT2D eigenvalue weighted by Gasteiger charge is -2.16. The van der Waals surface area contributed by atoms with Crippen LogP contribution in [0.4, 0.5) is 4.39 Å². The molecule has 0 aliphatic carbocycles. The van der Waals surface area contributed by atoms with Crippen molar-refractivity contribution in [3.63, 3.8) is 0 Å². The molecule has 0 saturated carbocycles. The van der Waals surface area contributed by atoms with E-state index in [0.717, 1.165) is 12.3 Å². The number of amides is 1. The molecule has 2 aromatic rings. The largest absolute Gasteiger partial charge is 0.507 e. The van der Waals surface area contributed by atoms with Crippen molar-refractivity contribution >= 4 is 11.9 Å². The Kier molecular flexibility index (Phi) is 5.14. The molecule has 0 fully saturated rings. The van der Waals surface area contributed by atoms with Gasteiger partial charge in [-0.25, -0.2) is 4.98 Å². The van der Waals surface area contributed by atoms with Crippen molar-refractivity contribution in [3.8, 4) is 28.7 Å². The average molecular weight is 343 g/mol. The van der Waals surface area contributed by atoms with Gasteiger partial charge >= 0.3 is 0 Å². The number of phenolic OH excluding ortho intramolecular Hbond substituents is 1. The van der Waals surface area contributed by atoms with Crippen molar-refractivity contribution in [1.29, 1.82) is 10.7 Å². The van der Waals surface area contributed by atoms with Crippen LogP contribution < -0.4 is 15.4 Å². The number of nitrogens with zero attached hydrogens (tertiary/aromatic N) is 2. The monoisotopic (exact) mass is 343 g/mol. The predicted molar refractivity (Wildman–Crippen MR) is 86.8 cm³/mol. The number of carbonyl (C=O) groups is 1. The maximum Gasteiger partial charge on any atom is 0.262 e. The Labute approximate surface area is 142 Å². The van der Waals surface area contributed by atoms with Crippen LogP contribution in [0.1, 0.15) is 15.9 Å². The SMILES string of the molecule is CNC(=N)NC(=O)c1c(O)ccc(C#N)c1-c1cc(F)ncc1OC. The van der Waals surface area contributed by atoms with E-state index in [-0.39, 0.29) is 34.0 Å². The third kappa shape index (κ3) is 3.48. The summed E-state index contributed by atoms with van der Waals surface area (Å²) >= 11 is 0. The zero-order chi connectivity index (χ0) is 18.6. The maximum absolute atomic E-state index is 13.6. The lowest BCUT2D eigenvalue weighted by atomic mass is 9.93. The van der Waals surface area contributed by atoms with Gasteiger partial charge in [0.2, 0.25) is 5.95 Å². The molecule has 1 amide bonds. The molecule has 0 radical (unpaired) electrons. The van der Waals surface area contributed by atoms with Crippen LogP contribution in [0.25, 0.3) is 11.1 Å². The minimum Gasteiger partial charge on any atom is -0.507 e. The van der Waals surface area contributed by atoms with Gasteiger partial charge < -0.3 is 15.2 Å². The topological polar surface area (TPSA) is 131 Å². The molecule has 0 unspecified atom stereocenters. The van der Waals surface area contributed by atoms with Gasteiger partial charge in [0.05, 0.1) is 30.5 Å². The minimum atomic E-state index is -0.850. The molecule has 4 N–H and O–H groups in total. The highest BCUT2D eigenvalue weighted by molar-refractivity contribution is 6.11. The molecular weight excluding hydrogens is 329 g/mol. The summed E-state index contributed by atoms with van der Waals surface area (Å²) in [5, 5.41) is 31.6. The second-order valence-electron chi connectivity index (χ2n) is 4.78.